The Balaban J connectivity index is 2.27. The van der Waals surface area contributed by atoms with Crippen molar-refractivity contribution in [1.82, 2.24) is 9.97 Å². The quantitative estimate of drug-likeness (QED) is 0.756. The molecule has 0 saturated heterocycles. The number of rotatable bonds is 2. The van der Waals surface area contributed by atoms with E-state index < -0.39 is 0 Å². The second kappa shape index (κ2) is 3.73. The summed E-state index contributed by atoms with van der Waals surface area (Å²) in [5.41, 5.74) is 6.29. The molecular formula is C11H19N3. The van der Waals surface area contributed by atoms with E-state index in [-0.39, 0.29) is 5.54 Å². The molecule has 14 heavy (non-hydrogen) atoms. The van der Waals surface area contributed by atoms with Crippen LogP contribution in [0.3, 0.4) is 0 Å². The third-order valence-corrected chi connectivity index (χ3v) is 3.55. The summed E-state index contributed by atoms with van der Waals surface area (Å²) in [5, 5.41) is 0. The molecule has 0 radical (unpaired) electrons. The van der Waals surface area contributed by atoms with Crippen LogP contribution in [0.25, 0.3) is 0 Å². The fourth-order valence-corrected chi connectivity index (χ4v) is 2.67. The number of imidazole rings is 1. The van der Waals surface area contributed by atoms with E-state index in [0.717, 1.165) is 18.7 Å². The molecule has 3 heteroatoms. The average molecular weight is 193 g/mol. The van der Waals surface area contributed by atoms with Gasteiger partial charge in [0.1, 0.15) is 5.82 Å². The van der Waals surface area contributed by atoms with Gasteiger partial charge in [-0.25, -0.2) is 4.98 Å². The zero-order valence-electron chi connectivity index (χ0n) is 8.79. The van der Waals surface area contributed by atoms with Gasteiger partial charge < -0.3 is 10.7 Å². The molecule has 3 nitrogen and oxygen atoms in total. The first kappa shape index (κ1) is 9.71. The maximum atomic E-state index is 6.49. The number of aromatic amines is 1. The normalized spacial score (nSPS) is 33.1. The fraction of sp³-hybridized carbons (Fsp3) is 0.727. The van der Waals surface area contributed by atoms with Crippen LogP contribution in [0, 0.1) is 5.92 Å². The van der Waals surface area contributed by atoms with E-state index in [0.29, 0.717) is 5.92 Å². The van der Waals surface area contributed by atoms with E-state index in [1.54, 1.807) is 6.20 Å². The standard InChI is InChI=1S/C11H19N3/c1-2-9-5-3-4-6-11(9,12)10-13-7-8-14-10/h7-9H,2-6,12H2,1H3,(H,13,14). The van der Waals surface area contributed by atoms with Crippen molar-refractivity contribution in [1.29, 1.82) is 0 Å². The largest absolute Gasteiger partial charge is 0.347 e. The summed E-state index contributed by atoms with van der Waals surface area (Å²) >= 11 is 0. The molecule has 0 bridgehead atoms. The minimum atomic E-state index is -0.198. The maximum Gasteiger partial charge on any atom is 0.126 e. The van der Waals surface area contributed by atoms with Crippen LogP contribution in [0.4, 0.5) is 0 Å². The molecule has 1 heterocycles. The monoisotopic (exact) mass is 193 g/mol. The number of nitrogens with two attached hydrogens (primary N) is 1. The lowest BCUT2D eigenvalue weighted by Crippen LogP contribution is -2.47. The molecule has 2 rings (SSSR count). The van der Waals surface area contributed by atoms with Crippen LogP contribution in [-0.4, -0.2) is 9.97 Å². The topological polar surface area (TPSA) is 54.7 Å². The van der Waals surface area contributed by atoms with E-state index in [9.17, 15) is 0 Å². The van der Waals surface area contributed by atoms with Crippen molar-refractivity contribution in [2.45, 2.75) is 44.6 Å². The molecule has 78 valence electrons. The Hall–Kier alpha value is -0.830. The zero-order valence-corrected chi connectivity index (χ0v) is 8.79. The van der Waals surface area contributed by atoms with Gasteiger partial charge in [-0.3, -0.25) is 0 Å². The van der Waals surface area contributed by atoms with Crippen LogP contribution in [0.1, 0.15) is 44.9 Å². The fourth-order valence-electron chi connectivity index (χ4n) is 2.67. The smallest absolute Gasteiger partial charge is 0.126 e. The number of hydrogen-bond donors (Lipinski definition) is 2. The summed E-state index contributed by atoms with van der Waals surface area (Å²) in [6.45, 7) is 2.22. The molecule has 1 aromatic heterocycles. The van der Waals surface area contributed by atoms with Gasteiger partial charge in [-0.15, -0.1) is 0 Å². The number of H-pyrrole nitrogens is 1. The van der Waals surface area contributed by atoms with Crippen molar-refractivity contribution < 1.29 is 0 Å². The van der Waals surface area contributed by atoms with Crippen molar-refractivity contribution in [3.05, 3.63) is 18.2 Å². The second-order valence-electron chi connectivity index (χ2n) is 4.33. The zero-order chi connectivity index (χ0) is 10.0. The Morgan fingerprint density at radius 2 is 2.50 bits per heavy atom. The van der Waals surface area contributed by atoms with Crippen molar-refractivity contribution in [3.8, 4) is 0 Å². The van der Waals surface area contributed by atoms with Crippen LogP contribution in [0.2, 0.25) is 0 Å². The van der Waals surface area contributed by atoms with Crippen LogP contribution in [0.5, 0.6) is 0 Å². The number of aromatic nitrogens is 2. The second-order valence-corrected chi connectivity index (χ2v) is 4.33. The Kier molecular flexibility index (Phi) is 2.59. The highest BCUT2D eigenvalue weighted by Gasteiger charge is 2.39. The Labute approximate surface area is 85.1 Å². The van der Waals surface area contributed by atoms with Gasteiger partial charge in [0.25, 0.3) is 0 Å². The first-order valence-electron chi connectivity index (χ1n) is 5.56. The number of nitrogens with zero attached hydrogens (tertiary/aromatic N) is 1. The molecule has 2 atom stereocenters. The van der Waals surface area contributed by atoms with Gasteiger partial charge in [-0.05, 0) is 18.8 Å². The van der Waals surface area contributed by atoms with Gasteiger partial charge in [-0.2, -0.15) is 0 Å². The molecule has 1 saturated carbocycles. The average Bonchev–Trinajstić information content (AvgIpc) is 2.72. The highest BCUT2D eigenvalue weighted by atomic mass is 15.0. The van der Waals surface area contributed by atoms with Gasteiger partial charge in [0.05, 0.1) is 5.54 Å². The lowest BCUT2D eigenvalue weighted by atomic mass is 9.71. The molecule has 0 spiro atoms. The van der Waals surface area contributed by atoms with E-state index in [1.807, 2.05) is 6.20 Å². The summed E-state index contributed by atoms with van der Waals surface area (Å²) in [5.74, 6) is 1.56. The molecule has 3 N–H and O–H groups in total. The lowest BCUT2D eigenvalue weighted by Gasteiger charge is -2.39. The third-order valence-electron chi connectivity index (χ3n) is 3.55. The van der Waals surface area contributed by atoms with Crippen molar-refractivity contribution >= 4 is 0 Å². The van der Waals surface area contributed by atoms with Gasteiger partial charge in [0, 0.05) is 12.4 Å². The molecule has 2 unspecified atom stereocenters. The Morgan fingerprint density at radius 1 is 1.64 bits per heavy atom. The highest BCUT2D eigenvalue weighted by Crippen LogP contribution is 2.39. The van der Waals surface area contributed by atoms with Crippen LogP contribution >= 0.6 is 0 Å². The molecule has 1 aliphatic carbocycles. The van der Waals surface area contributed by atoms with Crippen LogP contribution in [0.15, 0.2) is 12.4 Å². The summed E-state index contributed by atoms with van der Waals surface area (Å²) in [4.78, 5) is 7.50. The molecular weight excluding hydrogens is 174 g/mol. The molecule has 0 aromatic carbocycles. The molecule has 0 amide bonds. The maximum absolute atomic E-state index is 6.49. The van der Waals surface area contributed by atoms with E-state index in [2.05, 4.69) is 16.9 Å². The molecule has 1 fully saturated rings. The molecule has 0 aliphatic heterocycles. The predicted octanol–water partition coefficient (Wildman–Crippen LogP) is 2.16. The van der Waals surface area contributed by atoms with Gasteiger partial charge >= 0.3 is 0 Å². The van der Waals surface area contributed by atoms with Crippen molar-refractivity contribution in [3.63, 3.8) is 0 Å². The van der Waals surface area contributed by atoms with Crippen molar-refractivity contribution in [2.24, 2.45) is 11.7 Å². The minimum Gasteiger partial charge on any atom is -0.347 e. The summed E-state index contributed by atoms with van der Waals surface area (Å²) in [6, 6.07) is 0. The van der Waals surface area contributed by atoms with E-state index >= 15 is 0 Å². The highest BCUT2D eigenvalue weighted by molar-refractivity contribution is 5.09. The summed E-state index contributed by atoms with van der Waals surface area (Å²) in [7, 11) is 0. The predicted molar refractivity (Wildman–Crippen MR) is 56.7 cm³/mol. The Bertz CT molecular complexity index is 281. The first-order chi connectivity index (χ1) is 6.77. The van der Waals surface area contributed by atoms with Gasteiger partial charge in [0.2, 0.25) is 0 Å². The lowest BCUT2D eigenvalue weighted by molar-refractivity contribution is 0.175. The van der Waals surface area contributed by atoms with Gasteiger partial charge in [-0.1, -0.05) is 26.2 Å². The third kappa shape index (κ3) is 1.46. The summed E-state index contributed by atoms with van der Waals surface area (Å²) < 4.78 is 0. The van der Waals surface area contributed by atoms with E-state index in [1.165, 1.54) is 19.3 Å². The molecule has 1 aliphatic rings. The number of nitrogens with one attached hydrogen (secondary N) is 1. The summed E-state index contributed by atoms with van der Waals surface area (Å²) in [6.07, 6.45) is 9.67. The van der Waals surface area contributed by atoms with Crippen LogP contribution in [-0.2, 0) is 5.54 Å². The van der Waals surface area contributed by atoms with Crippen LogP contribution < -0.4 is 5.73 Å². The van der Waals surface area contributed by atoms with Gasteiger partial charge in [0.15, 0.2) is 0 Å². The number of hydrogen-bond acceptors (Lipinski definition) is 2. The minimum absolute atomic E-state index is 0.198. The van der Waals surface area contributed by atoms with Crippen molar-refractivity contribution in [2.75, 3.05) is 0 Å². The first-order valence-corrected chi connectivity index (χ1v) is 5.56. The molecule has 1 aromatic rings. The van der Waals surface area contributed by atoms with E-state index in [4.69, 9.17) is 5.73 Å². The SMILES string of the molecule is CCC1CCCCC1(N)c1ncc[nH]1. The Morgan fingerprint density at radius 3 is 3.14 bits per heavy atom.